The van der Waals surface area contributed by atoms with Gasteiger partial charge in [0, 0.05) is 43.5 Å². The van der Waals surface area contributed by atoms with E-state index in [1.54, 1.807) is 24.4 Å². The van der Waals surface area contributed by atoms with Gasteiger partial charge in [-0.3, -0.25) is 9.69 Å². The molecule has 0 saturated carbocycles. The first-order chi connectivity index (χ1) is 17.0. The van der Waals surface area contributed by atoms with E-state index in [9.17, 15) is 4.79 Å². The molecular formula is C26H27ClN6O2. The van der Waals surface area contributed by atoms with E-state index < -0.39 is 0 Å². The number of aromatic nitrogens is 3. The highest BCUT2D eigenvalue weighted by atomic mass is 35.5. The van der Waals surface area contributed by atoms with E-state index >= 15 is 0 Å². The average Bonchev–Trinajstić information content (AvgIpc) is 2.88. The summed E-state index contributed by atoms with van der Waals surface area (Å²) in [6.07, 6.45) is 3.84. The standard InChI is InChI=1S/C26H27ClN6O2/c1-2-23-21(6-3-18-4-8-24(28)30-16-18)25(32-17-31-23)19-5-7-20(22(27)15-19)26(34)29-9-10-33-11-13-35-14-12-33/h4-5,7-8,15-17H,2,9-14H2,1H3,(H2,28,30)(H,29,34). The predicted molar refractivity (Wildman–Crippen MR) is 136 cm³/mol. The maximum Gasteiger partial charge on any atom is 0.252 e. The van der Waals surface area contributed by atoms with Crippen LogP contribution in [0.1, 0.15) is 34.1 Å². The highest BCUT2D eigenvalue weighted by molar-refractivity contribution is 6.34. The minimum absolute atomic E-state index is 0.206. The van der Waals surface area contributed by atoms with Gasteiger partial charge in [-0.15, -0.1) is 0 Å². The van der Waals surface area contributed by atoms with Crippen molar-refractivity contribution in [3.8, 4) is 23.1 Å². The van der Waals surface area contributed by atoms with Crippen molar-refractivity contribution in [1.82, 2.24) is 25.2 Å². The number of amides is 1. The van der Waals surface area contributed by atoms with Crippen molar-refractivity contribution in [2.75, 3.05) is 45.1 Å². The van der Waals surface area contributed by atoms with Crippen LogP contribution in [0.4, 0.5) is 5.82 Å². The number of aryl methyl sites for hydroxylation is 1. The Morgan fingerprint density at radius 3 is 2.71 bits per heavy atom. The molecule has 35 heavy (non-hydrogen) atoms. The second kappa shape index (κ2) is 11.8. The van der Waals surface area contributed by atoms with Gasteiger partial charge in [0.05, 0.1) is 40.8 Å². The quantitative estimate of drug-likeness (QED) is 0.512. The number of hydrogen-bond donors (Lipinski definition) is 2. The number of carbonyl (C=O) groups excluding carboxylic acids is 1. The van der Waals surface area contributed by atoms with Crippen LogP contribution in [0.15, 0.2) is 42.9 Å². The highest BCUT2D eigenvalue weighted by Crippen LogP contribution is 2.27. The third kappa shape index (κ3) is 6.34. The Morgan fingerprint density at radius 2 is 2.00 bits per heavy atom. The Labute approximate surface area is 209 Å². The molecule has 0 aliphatic carbocycles. The molecule has 0 atom stereocenters. The number of halogens is 1. The van der Waals surface area contributed by atoms with Gasteiger partial charge in [-0.1, -0.05) is 36.4 Å². The molecule has 1 fully saturated rings. The van der Waals surface area contributed by atoms with Crippen molar-refractivity contribution in [3.63, 3.8) is 0 Å². The lowest BCUT2D eigenvalue weighted by molar-refractivity contribution is 0.0383. The average molecular weight is 491 g/mol. The number of rotatable bonds is 6. The predicted octanol–water partition coefficient (Wildman–Crippen LogP) is 2.80. The molecule has 8 nitrogen and oxygen atoms in total. The molecule has 0 radical (unpaired) electrons. The van der Waals surface area contributed by atoms with Gasteiger partial charge in [-0.25, -0.2) is 15.0 Å². The summed E-state index contributed by atoms with van der Waals surface area (Å²) < 4.78 is 5.35. The normalized spacial score (nSPS) is 13.7. The summed E-state index contributed by atoms with van der Waals surface area (Å²) in [4.78, 5) is 27.9. The van der Waals surface area contributed by atoms with Crippen molar-refractivity contribution >= 4 is 23.3 Å². The van der Waals surface area contributed by atoms with Crippen LogP contribution in [-0.2, 0) is 11.2 Å². The van der Waals surface area contributed by atoms with Crippen molar-refractivity contribution < 1.29 is 9.53 Å². The van der Waals surface area contributed by atoms with Gasteiger partial charge >= 0.3 is 0 Å². The van der Waals surface area contributed by atoms with Crippen molar-refractivity contribution in [2.45, 2.75) is 13.3 Å². The second-order valence-electron chi connectivity index (χ2n) is 8.02. The zero-order valence-corrected chi connectivity index (χ0v) is 20.3. The van der Waals surface area contributed by atoms with E-state index in [0.29, 0.717) is 40.6 Å². The largest absolute Gasteiger partial charge is 0.384 e. The molecule has 2 aromatic heterocycles. The Bertz CT molecular complexity index is 1250. The molecule has 0 unspecified atom stereocenters. The lowest BCUT2D eigenvalue weighted by atomic mass is 10.0. The highest BCUT2D eigenvalue weighted by Gasteiger charge is 2.16. The lowest BCUT2D eigenvalue weighted by Gasteiger charge is -2.26. The number of morpholine rings is 1. The fourth-order valence-electron chi connectivity index (χ4n) is 3.75. The molecule has 3 aromatic rings. The molecule has 0 bridgehead atoms. The molecule has 3 N–H and O–H groups in total. The van der Waals surface area contributed by atoms with E-state index in [4.69, 9.17) is 22.1 Å². The first-order valence-corrected chi connectivity index (χ1v) is 11.9. The number of nitrogens with two attached hydrogens (primary N) is 1. The SMILES string of the molecule is CCc1ncnc(-c2ccc(C(=O)NCCN3CCOCC3)c(Cl)c2)c1C#Cc1ccc(N)nc1. The van der Waals surface area contributed by atoms with E-state index in [1.165, 1.54) is 6.33 Å². The number of benzene rings is 1. The van der Waals surface area contributed by atoms with Gasteiger partial charge in [0.1, 0.15) is 12.1 Å². The van der Waals surface area contributed by atoms with Gasteiger partial charge in [-0.05, 0) is 30.7 Å². The van der Waals surface area contributed by atoms with Crippen LogP contribution in [0.5, 0.6) is 0 Å². The van der Waals surface area contributed by atoms with E-state index in [1.807, 2.05) is 19.1 Å². The van der Waals surface area contributed by atoms with Crippen molar-refractivity contribution in [2.24, 2.45) is 0 Å². The van der Waals surface area contributed by atoms with Crippen LogP contribution in [0, 0.1) is 11.8 Å². The maximum atomic E-state index is 12.7. The minimum Gasteiger partial charge on any atom is -0.384 e. The smallest absolute Gasteiger partial charge is 0.252 e. The van der Waals surface area contributed by atoms with Gasteiger partial charge in [0.25, 0.3) is 5.91 Å². The summed E-state index contributed by atoms with van der Waals surface area (Å²) >= 11 is 6.53. The Balaban J connectivity index is 1.53. The van der Waals surface area contributed by atoms with E-state index in [2.05, 4.69) is 37.0 Å². The fourth-order valence-corrected chi connectivity index (χ4v) is 4.01. The fraction of sp³-hybridized carbons (Fsp3) is 0.308. The number of pyridine rings is 1. The number of ether oxygens (including phenoxy) is 1. The summed E-state index contributed by atoms with van der Waals surface area (Å²) in [5.41, 5.74) is 9.78. The topological polar surface area (TPSA) is 106 Å². The number of hydrogen-bond acceptors (Lipinski definition) is 7. The number of anilines is 1. The van der Waals surface area contributed by atoms with Crippen LogP contribution in [0.2, 0.25) is 5.02 Å². The third-order valence-electron chi connectivity index (χ3n) is 5.68. The molecule has 1 saturated heterocycles. The number of carbonyl (C=O) groups is 1. The summed E-state index contributed by atoms with van der Waals surface area (Å²) in [5.74, 6) is 6.53. The first-order valence-electron chi connectivity index (χ1n) is 11.5. The van der Waals surface area contributed by atoms with Gasteiger partial charge in [-0.2, -0.15) is 0 Å². The Kier molecular flexibility index (Phi) is 8.27. The van der Waals surface area contributed by atoms with E-state index in [0.717, 1.165) is 49.7 Å². The Morgan fingerprint density at radius 1 is 1.17 bits per heavy atom. The summed E-state index contributed by atoms with van der Waals surface area (Å²) in [6.45, 7) is 6.55. The van der Waals surface area contributed by atoms with Crippen LogP contribution in [0.25, 0.3) is 11.3 Å². The maximum absolute atomic E-state index is 12.7. The number of nitrogens with one attached hydrogen (secondary N) is 1. The monoisotopic (exact) mass is 490 g/mol. The molecule has 1 aromatic carbocycles. The van der Waals surface area contributed by atoms with Crippen LogP contribution in [0.3, 0.4) is 0 Å². The summed E-state index contributed by atoms with van der Waals surface area (Å²) in [7, 11) is 0. The molecule has 1 amide bonds. The van der Waals surface area contributed by atoms with Gasteiger partial charge in [0.2, 0.25) is 0 Å². The Hall–Kier alpha value is -3.51. The lowest BCUT2D eigenvalue weighted by Crippen LogP contribution is -2.41. The molecule has 4 rings (SSSR count). The van der Waals surface area contributed by atoms with Gasteiger partial charge < -0.3 is 15.8 Å². The van der Waals surface area contributed by atoms with Crippen LogP contribution >= 0.6 is 11.6 Å². The third-order valence-corrected chi connectivity index (χ3v) is 6.00. The molecule has 0 spiro atoms. The number of nitrogens with zero attached hydrogens (tertiary/aromatic N) is 4. The zero-order valence-electron chi connectivity index (χ0n) is 19.6. The van der Waals surface area contributed by atoms with Crippen molar-refractivity contribution in [1.29, 1.82) is 0 Å². The van der Waals surface area contributed by atoms with Crippen molar-refractivity contribution in [3.05, 3.63) is 70.3 Å². The van der Waals surface area contributed by atoms with E-state index in [-0.39, 0.29) is 5.91 Å². The molecular weight excluding hydrogens is 464 g/mol. The molecule has 1 aliphatic heterocycles. The first kappa shape index (κ1) is 24.6. The van der Waals surface area contributed by atoms with Crippen LogP contribution in [-0.4, -0.2) is 65.2 Å². The van der Waals surface area contributed by atoms with Gasteiger partial charge in [0.15, 0.2) is 0 Å². The molecule has 3 heterocycles. The summed E-state index contributed by atoms with van der Waals surface area (Å²) in [6, 6.07) is 8.82. The minimum atomic E-state index is -0.206. The second-order valence-corrected chi connectivity index (χ2v) is 8.43. The zero-order chi connectivity index (χ0) is 24.6. The molecule has 1 aliphatic rings. The summed E-state index contributed by atoms with van der Waals surface area (Å²) in [5, 5.41) is 3.30. The number of nitrogen functional groups attached to an aromatic ring is 1. The molecule has 9 heteroatoms. The van der Waals surface area contributed by atoms with Crippen LogP contribution < -0.4 is 11.1 Å². The molecule has 180 valence electrons.